The van der Waals surface area contributed by atoms with Gasteiger partial charge in [-0.05, 0) is 44.5 Å². The molecule has 0 spiro atoms. The van der Waals surface area contributed by atoms with E-state index < -0.39 is 0 Å². The molecule has 2 nitrogen and oxygen atoms in total. The average Bonchev–Trinajstić information content (AvgIpc) is 2.66. The molecule has 0 radical (unpaired) electrons. The molecule has 24 heavy (non-hydrogen) atoms. The van der Waals surface area contributed by atoms with E-state index in [1.807, 2.05) is 12.1 Å². The highest BCUT2D eigenvalue weighted by atomic mass is 16.3. The summed E-state index contributed by atoms with van der Waals surface area (Å²) in [6.45, 7) is 0.144. The molecule has 3 aromatic carbocycles. The highest BCUT2D eigenvalue weighted by Gasteiger charge is 2.41. The fourth-order valence-electron chi connectivity index (χ4n) is 4.51. The summed E-state index contributed by atoms with van der Waals surface area (Å²) in [5.74, 6) is 0.436. The van der Waals surface area contributed by atoms with E-state index in [-0.39, 0.29) is 25.0 Å². The third-order valence-corrected chi connectivity index (χ3v) is 5.53. The van der Waals surface area contributed by atoms with Crippen molar-refractivity contribution in [1.82, 2.24) is 0 Å². The van der Waals surface area contributed by atoms with Gasteiger partial charge in [-0.15, -0.1) is 0 Å². The molecule has 0 unspecified atom stereocenters. The first-order valence-corrected chi connectivity index (χ1v) is 8.38. The SMILES string of the molecule is OCc1ccc2c(c1)[C@H]1c3ccccc3[C@@H]2c2cc(CO)ccc21. The fraction of sp³-hybridized carbons (Fsp3) is 0.182. The van der Waals surface area contributed by atoms with E-state index in [0.29, 0.717) is 0 Å². The Labute approximate surface area is 141 Å². The molecule has 0 aliphatic heterocycles. The Kier molecular flexibility index (Phi) is 2.93. The van der Waals surface area contributed by atoms with Gasteiger partial charge in [0.2, 0.25) is 0 Å². The standard InChI is InChI=1S/C22H18O2/c23-11-13-6-8-18-19(9-13)21-15-3-1-2-4-16(15)22(18)20-10-14(12-24)5-7-17(20)21/h1-10,21-24H,11-12H2/t21-,22-/m0/s1. The third-order valence-electron chi connectivity index (χ3n) is 5.53. The van der Waals surface area contributed by atoms with Crippen molar-refractivity contribution in [2.75, 3.05) is 0 Å². The summed E-state index contributed by atoms with van der Waals surface area (Å²) in [7, 11) is 0. The van der Waals surface area contributed by atoms with Crippen molar-refractivity contribution in [3.8, 4) is 0 Å². The molecule has 2 bridgehead atoms. The molecule has 0 aromatic heterocycles. The maximum atomic E-state index is 9.54. The van der Waals surface area contributed by atoms with E-state index in [1.54, 1.807) is 0 Å². The molecular weight excluding hydrogens is 296 g/mol. The summed E-state index contributed by atoms with van der Waals surface area (Å²) in [6, 6.07) is 21.4. The van der Waals surface area contributed by atoms with Crippen molar-refractivity contribution < 1.29 is 10.2 Å². The molecule has 0 saturated carbocycles. The normalized spacial score (nSPS) is 19.6. The zero-order valence-corrected chi connectivity index (χ0v) is 13.2. The minimum Gasteiger partial charge on any atom is -0.392 e. The van der Waals surface area contributed by atoms with Crippen LogP contribution in [-0.4, -0.2) is 10.2 Å². The summed E-state index contributed by atoms with van der Waals surface area (Å²) < 4.78 is 0. The lowest BCUT2D eigenvalue weighted by atomic mass is 9.61. The highest BCUT2D eigenvalue weighted by molar-refractivity contribution is 5.68. The molecule has 3 aliphatic carbocycles. The first-order valence-electron chi connectivity index (χ1n) is 8.38. The number of hydrogen-bond acceptors (Lipinski definition) is 2. The summed E-state index contributed by atoms with van der Waals surface area (Å²) >= 11 is 0. The first-order chi connectivity index (χ1) is 11.8. The van der Waals surface area contributed by atoms with Gasteiger partial charge in [-0.25, -0.2) is 0 Å². The summed E-state index contributed by atoms with van der Waals surface area (Å²) in [5.41, 5.74) is 9.96. The second-order valence-corrected chi connectivity index (χ2v) is 6.74. The van der Waals surface area contributed by atoms with Gasteiger partial charge in [-0.2, -0.15) is 0 Å². The predicted octanol–water partition coefficient (Wildman–Crippen LogP) is 3.66. The van der Waals surface area contributed by atoms with E-state index in [2.05, 4.69) is 48.5 Å². The maximum Gasteiger partial charge on any atom is 0.0681 e. The van der Waals surface area contributed by atoms with Gasteiger partial charge in [-0.3, -0.25) is 0 Å². The van der Waals surface area contributed by atoms with Gasteiger partial charge in [0.05, 0.1) is 13.2 Å². The molecular formula is C22H18O2. The van der Waals surface area contributed by atoms with E-state index in [4.69, 9.17) is 0 Å². The zero-order valence-electron chi connectivity index (χ0n) is 13.2. The molecule has 0 amide bonds. The number of aliphatic hydroxyl groups excluding tert-OH is 2. The Morgan fingerprint density at radius 1 is 0.542 bits per heavy atom. The highest BCUT2D eigenvalue weighted by Crippen LogP contribution is 2.55. The lowest BCUT2D eigenvalue weighted by Crippen LogP contribution is -2.27. The van der Waals surface area contributed by atoms with Crippen LogP contribution < -0.4 is 0 Å². The van der Waals surface area contributed by atoms with Crippen molar-refractivity contribution in [3.05, 3.63) is 105 Å². The Bertz CT molecular complexity index is 879. The second kappa shape index (κ2) is 5.04. The number of benzene rings is 3. The van der Waals surface area contributed by atoms with Crippen molar-refractivity contribution >= 4 is 0 Å². The number of rotatable bonds is 2. The summed E-state index contributed by atoms with van der Waals surface area (Å²) in [6.07, 6.45) is 0. The van der Waals surface area contributed by atoms with Crippen molar-refractivity contribution in [3.63, 3.8) is 0 Å². The molecule has 3 aromatic rings. The minimum atomic E-state index is 0.0720. The average molecular weight is 314 g/mol. The fourth-order valence-corrected chi connectivity index (χ4v) is 4.51. The van der Waals surface area contributed by atoms with E-state index in [9.17, 15) is 10.2 Å². The first kappa shape index (κ1) is 14.0. The smallest absolute Gasteiger partial charge is 0.0681 e. The van der Waals surface area contributed by atoms with E-state index in [1.165, 1.54) is 33.4 Å². The Morgan fingerprint density at radius 2 is 0.958 bits per heavy atom. The monoisotopic (exact) mass is 314 g/mol. The van der Waals surface area contributed by atoms with Gasteiger partial charge in [0.15, 0.2) is 0 Å². The number of aliphatic hydroxyl groups is 2. The molecule has 2 heteroatoms. The predicted molar refractivity (Wildman–Crippen MR) is 93.1 cm³/mol. The van der Waals surface area contributed by atoms with E-state index >= 15 is 0 Å². The molecule has 118 valence electrons. The van der Waals surface area contributed by atoms with Crippen LogP contribution in [0.25, 0.3) is 0 Å². The van der Waals surface area contributed by atoms with Crippen LogP contribution in [0.4, 0.5) is 0 Å². The van der Waals surface area contributed by atoms with Gasteiger partial charge in [0.25, 0.3) is 0 Å². The van der Waals surface area contributed by atoms with Crippen LogP contribution in [0.5, 0.6) is 0 Å². The topological polar surface area (TPSA) is 40.5 Å². The Balaban J connectivity index is 1.83. The molecule has 0 heterocycles. The van der Waals surface area contributed by atoms with Crippen molar-refractivity contribution in [2.45, 2.75) is 25.0 Å². The molecule has 0 fully saturated rings. The van der Waals surface area contributed by atoms with Crippen LogP contribution in [-0.2, 0) is 13.2 Å². The van der Waals surface area contributed by atoms with Crippen LogP contribution in [0.3, 0.4) is 0 Å². The van der Waals surface area contributed by atoms with Crippen LogP contribution in [0.2, 0.25) is 0 Å². The summed E-state index contributed by atoms with van der Waals surface area (Å²) in [4.78, 5) is 0. The lowest BCUT2D eigenvalue weighted by Gasteiger charge is -2.42. The largest absolute Gasteiger partial charge is 0.392 e. The quantitative estimate of drug-likeness (QED) is 0.522. The van der Waals surface area contributed by atoms with E-state index in [0.717, 1.165) is 11.1 Å². The maximum absolute atomic E-state index is 9.54. The van der Waals surface area contributed by atoms with Crippen molar-refractivity contribution in [1.29, 1.82) is 0 Å². The van der Waals surface area contributed by atoms with Crippen LogP contribution >= 0.6 is 0 Å². The minimum absolute atomic E-state index is 0.0720. The molecule has 3 aliphatic rings. The van der Waals surface area contributed by atoms with Gasteiger partial charge >= 0.3 is 0 Å². The summed E-state index contributed by atoms with van der Waals surface area (Å²) in [5, 5.41) is 19.1. The zero-order chi connectivity index (χ0) is 16.3. The lowest BCUT2D eigenvalue weighted by molar-refractivity contribution is 0.281. The molecule has 0 saturated heterocycles. The third kappa shape index (κ3) is 1.73. The van der Waals surface area contributed by atoms with Gasteiger partial charge in [0.1, 0.15) is 0 Å². The number of hydrogen-bond donors (Lipinski definition) is 2. The van der Waals surface area contributed by atoms with Crippen LogP contribution in [0.1, 0.15) is 56.3 Å². The van der Waals surface area contributed by atoms with Gasteiger partial charge in [0, 0.05) is 11.8 Å². The van der Waals surface area contributed by atoms with Crippen molar-refractivity contribution in [2.24, 2.45) is 0 Å². The molecule has 2 N–H and O–H groups in total. The Morgan fingerprint density at radius 3 is 1.38 bits per heavy atom. The van der Waals surface area contributed by atoms with Gasteiger partial charge in [-0.1, -0.05) is 60.7 Å². The van der Waals surface area contributed by atoms with Crippen LogP contribution in [0, 0.1) is 0 Å². The second-order valence-electron chi connectivity index (χ2n) is 6.74. The molecule has 2 atom stereocenters. The molecule has 6 rings (SSSR count). The van der Waals surface area contributed by atoms with Gasteiger partial charge < -0.3 is 10.2 Å². The van der Waals surface area contributed by atoms with Crippen LogP contribution in [0.15, 0.2) is 60.7 Å². The Hall–Kier alpha value is -2.42.